The van der Waals surface area contributed by atoms with Gasteiger partial charge in [0.2, 0.25) is 0 Å². The van der Waals surface area contributed by atoms with E-state index in [1.165, 1.54) is 6.26 Å². The van der Waals surface area contributed by atoms with Gasteiger partial charge in [-0.15, -0.1) is 0 Å². The quantitative estimate of drug-likeness (QED) is 0.848. The van der Waals surface area contributed by atoms with E-state index >= 15 is 0 Å². The summed E-state index contributed by atoms with van der Waals surface area (Å²) < 4.78 is 5.20. The molecule has 1 fully saturated rings. The Morgan fingerprint density at radius 1 is 1.53 bits per heavy atom. The second-order valence-electron chi connectivity index (χ2n) is 3.50. The summed E-state index contributed by atoms with van der Waals surface area (Å²) in [5.74, 6) is 2.09. The first-order valence-electron chi connectivity index (χ1n) is 4.86. The van der Waals surface area contributed by atoms with Gasteiger partial charge >= 0.3 is 5.97 Å². The largest absolute Gasteiger partial charge is 0.478 e. The number of carboxylic acids is 1. The molecule has 4 nitrogen and oxygen atoms in total. The molecule has 0 atom stereocenters. The molecule has 1 aromatic rings. The molecule has 0 bridgehead atoms. The molecule has 0 amide bonds. The third-order valence-electron chi connectivity index (χ3n) is 2.38. The lowest BCUT2D eigenvalue weighted by Crippen LogP contribution is -2.31. The van der Waals surface area contributed by atoms with Crippen molar-refractivity contribution in [1.29, 1.82) is 0 Å². The Bertz CT molecular complexity index is 344. The van der Waals surface area contributed by atoms with Gasteiger partial charge in [-0.25, -0.2) is 4.79 Å². The van der Waals surface area contributed by atoms with E-state index in [0.29, 0.717) is 6.54 Å². The maximum Gasteiger partial charge on any atom is 0.338 e. The molecule has 5 heteroatoms. The van der Waals surface area contributed by atoms with Crippen molar-refractivity contribution in [3.05, 3.63) is 23.7 Å². The van der Waals surface area contributed by atoms with Crippen LogP contribution in [0.5, 0.6) is 0 Å². The first-order valence-corrected chi connectivity index (χ1v) is 6.02. The molecule has 0 saturated carbocycles. The molecule has 2 rings (SSSR count). The fraction of sp³-hybridized carbons (Fsp3) is 0.500. The van der Waals surface area contributed by atoms with E-state index in [0.717, 1.165) is 30.4 Å². The number of furan rings is 1. The lowest BCUT2D eigenvalue weighted by atomic mass is 10.3. The van der Waals surface area contributed by atoms with E-state index in [9.17, 15) is 4.79 Å². The summed E-state index contributed by atoms with van der Waals surface area (Å²) in [4.78, 5) is 12.9. The fourth-order valence-corrected chi connectivity index (χ4v) is 2.53. The highest BCUT2D eigenvalue weighted by Crippen LogP contribution is 2.14. The molecular formula is C10H13NO3S. The molecule has 0 unspecified atom stereocenters. The number of thioether (sulfide) groups is 1. The summed E-state index contributed by atoms with van der Waals surface area (Å²) in [6.45, 7) is 2.81. The molecule has 15 heavy (non-hydrogen) atoms. The zero-order chi connectivity index (χ0) is 10.7. The number of rotatable bonds is 3. The van der Waals surface area contributed by atoms with Gasteiger partial charge in [0.05, 0.1) is 12.1 Å². The Hall–Kier alpha value is -0.940. The predicted octanol–water partition coefficient (Wildman–Crippen LogP) is 1.53. The van der Waals surface area contributed by atoms with Crippen molar-refractivity contribution in [1.82, 2.24) is 4.90 Å². The third kappa shape index (κ3) is 2.76. The van der Waals surface area contributed by atoms with Crippen molar-refractivity contribution >= 4 is 17.7 Å². The van der Waals surface area contributed by atoms with Crippen LogP contribution in [-0.2, 0) is 6.54 Å². The average Bonchev–Trinajstić information content (AvgIpc) is 2.68. The molecule has 1 saturated heterocycles. The van der Waals surface area contributed by atoms with Crippen LogP contribution < -0.4 is 0 Å². The van der Waals surface area contributed by atoms with Crippen molar-refractivity contribution in [3.63, 3.8) is 0 Å². The van der Waals surface area contributed by atoms with Crippen LogP contribution in [-0.4, -0.2) is 40.6 Å². The maximum atomic E-state index is 10.6. The number of hydrogen-bond acceptors (Lipinski definition) is 4. The minimum Gasteiger partial charge on any atom is -0.478 e. The Morgan fingerprint density at radius 3 is 2.87 bits per heavy atom. The topological polar surface area (TPSA) is 53.7 Å². The van der Waals surface area contributed by atoms with Crippen LogP contribution >= 0.6 is 11.8 Å². The number of carbonyl (C=O) groups is 1. The Kier molecular flexibility index (Phi) is 3.33. The van der Waals surface area contributed by atoms with Crippen LogP contribution in [0.3, 0.4) is 0 Å². The smallest absolute Gasteiger partial charge is 0.338 e. The summed E-state index contributed by atoms with van der Waals surface area (Å²) >= 11 is 1.95. The molecule has 0 radical (unpaired) electrons. The van der Waals surface area contributed by atoms with Crippen LogP contribution in [0, 0.1) is 0 Å². The van der Waals surface area contributed by atoms with E-state index < -0.39 is 5.97 Å². The van der Waals surface area contributed by atoms with E-state index in [1.807, 2.05) is 11.8 Å². The van der Waals surface area contributed by atoms with Crippen LogP contribution in [0.2, 0.25) is 0 Å². The highest BCUT2D eigenvalue weighted by atomic mass is 32.2. The second-order valence-corrected chi connectivity index (χ2v) is 4.72. The first kappa shape index (κ1) is 10.6. The predicted molar refractivity (Wildman–Crippen MR) is 58.3 cm³/mol. The van der Waals surface area contributed by atoms with Gasteiger partial charge in [0.1, 0.15) is 12.0 Å². The van der Waals surface area contributed by atoms with Crippen molar-refractivity contribution in [3.8, 4) is 0 Å². The van der Waals surface area contributed by atoms with Crippen molar-refractivity contribution < 1.29 is 14.3 Å². The third-order valence-corrected chi connectivity index (χ3v) is 3.33. The zero-order valence-corrected chi connectivity index (χ0v) is 9.13. The van der Waals surface area contributed by atoms with E-state index in [2.05, 4.69) is 4.90 Å². The Morgan fingerprint density at radius 2 is 2.27 bits per heavy atom. The minimum atomic E-state index is -0.931. The lowest BCUT2D eigenvalue weighted by molar-refractivity contribution is 0.0696. The molecule has 1 N–H and O–H groups in total. The number of hydrogen-bond donors (Lipinski definition) is 1. The van der Waals surface area contributed by atoms with Gasteiger partial charge in [0, 0.05) is 24.6 Å². The maximum absolute atomic E-state index is 10.6. The van der Waals surface area contributed by atoms with E-state index in [4.69, 9.17) is 9.52 Å². The van der Waals surface area contributed by atoms with Crippen LogP contribution in [0.4, 0.5) is 0 Å². The summed E-state index contributed by atoms with van der Waals surface area (Å²) in [7, 11) is 0. The molecule has 0 aliphatic carbocycles. The van der Waals surface area contributed by atoms with Gasteiger partial charge < -0.3 is 9.52 Å². The normalized spacial score (nSPS) is 17.9. The molecule has 82 valence electrons. The molecule has 0 spiro atoms. The van der Waals surface area contributed by atoms with Gasteiger partial charge in [-0.1, -0.05) is 0 Å². The molecule has 1 aliphatic heterocycles. The molecular weight excluding hydrogens is 214 g/mol. The first-order chi connectivity index (χ1) is 7.25. The van der Waals surface area contributed by atoms with E-state index in [1.54, 1.807) is 6.07 Å². The van der Waals surface area contributed by atoms with E-state index in [-0.39, 0.29) is 5.56 Å². The molecule has 0 aromatic carbocycles. The van der Waals surface area contributed by atoms with Crippen molar-refractivity contribution in [2.45, 2.75) is 6.54 Å². The number of carboxylic acid groups (broad SMARTS) is 1. The van der Waals surface area contributed by atoms with Crippen LogP contribution in [0.25, 0.3) is 0 Å². The summed E-state index contributed by atoms with van der Waals surface area (Å²) in [6, 6.07) is 1.60. The van der Waals surface area contributed by atoms with Crippen LogP contribution in [0.1, 0.15) is 16.1 Å². The lowest BCUT2D eigenvalue weighted by Gasteiger charge is -2.24. The van der Waals surface area contributed by atoms with Gasteiger partial charge in [-0.3, -0.25) is 4.90 Å². The monoisotopic (exact) mass is 227 g/mol. The summed E-state index contributed by atoms with van der Waals surface area (Å²) in [5.41, 5.74) is 0.233. The Balaban J connectivity index is 1.94. The molecule has 2 heterocycles. The van der Waals surface area contributed by atoms with Gasteiger partial charge in [0.15, 0.2) is 0 Å². The second kappa shape index (κ2) is 4.72. The van der Waals surface area contributed by atoms with Gasteiger partial charge in [0.25, 0.3) is 0 Å². The summed E-state index contributed by atoms with van der Waals surface area (Å²) in [5, 5.41) is 8.73. The van der Waals surface area contributed by atoms with Crippen LogP contribution in [0.15, 0.2) is 16.7 Å². The zero-order valence-electron chi connectivity index (χ0n) is 8.31. The summed E-state index contributed by atoms with van der Waals surface area (Å²) in [6.07, 6.45) is 1.30. The number of aromatic carboxylic acids is 1. The average molecular weight is 227 g/mol. The highest BCUT2D eigenvalue weighted by Gasteiger charge is 2.14. The Labute approximate surface area is 92.2 Å². The number of nitrogens with zero attached hydrogens (tertiary/aromatic N) is 1. The minimum absolute atomic E-state index is 0.233. The van der Waals surface area contributed by atoms with Crippen molar-refractivity contribution in [2.75, 3.05) is 24.6 Å². The SMILES string of the molecule is O=C(O)c1coc(CN2CCSCC2)c1. The van der Waals surface area contributed by atoms with Gasteiger partial charge in [-0.2, -0.15) is 11.8 Å². The molecule has 1 aromatic heterocycles. The van der Waals surface area contributed by atoms with Crippen molar-refractivity contribution in [2.24, 2.45) is 0 Å². The standard InChI is InChI=1S/C10H13NO3S/c12-10(13)8-5-9(14-7-8)6-11-1-3-15-4-2-11/h5,7H,1-4,6H2,(H,12,13). The highest BCUT2D eigenvalue weighted by molar-refractivity contribution is 7.99. The molecule has 1 aliphatic rings. The fourth-order valence-electron chi connectivity index (χ4n) is 1.56. The van der Waals surface area contributed by atoms with Gasteiger partial charge in [-0.05, 0) is 6.07 Å².